The summed E-state index contributed by atoms with van der Waals surface area (Å²) in [6.45, 7) is 9.41. The molecular formula is C34H47BrN8O5S. The number of nitrogens with one attached hydrogen (secondary N) is 2. The fourth-order valence-electron chi connectivity index (χ4n) is 6.67. The first-order valence-electron chi connectivity index (χ1n) is 17.0. The summed E-state index contributed by atoms with van der Waals surface area (Å²) in [4.78, 5) is 16.7. The smallest absolute Gasteiger partial charge is 0.232 e. The number of rotatable bonds is 6. The molecule has 0 atom stereocenters. The first kappa shape index (κ1) is 35.3. The van der Waals surface area contributed by atoms with Crippen LogP contribution in [0.3, 0.4) is 0 Å². The molecule has 0 radical (unpaired) electrons. The molecule has 49 heavy (non-hydrogen) atoms. The van der Waals surface area contributed by atoms with Crippen molar-refractivity contribution in [2.75, 3.05) is 99.3 Å². The molecule has 7 rings (SSSR count). The largest absolute Gasteiger partial charge is 0.494 e. The topological polar surface area (TPSA) is 125 Å². The molecule has 0 aliphatic carbocycles. The van der Waals surface area contributed by atoms with Crippen molar-refractivity contribution in [3.8, 4) is 17.2 Å². The molecule has 5 heterocycles. The van der Waals surface area contributed by atoms with Crippen LogP contribution in [0, 0.1) is 0 Å². The van der Waals surface area contributed by atoms with Crippen LogP contribution < -0.4 is 34.0 Å². The summed E-state index contributed by atoms with van der Waals surface area (Å²) in [6, 6.07) is 9.99. The molecule has 0 spiro atoms. The fraction of sp³-hybridized carbons (Fsp3) is 0.529. The average Bonchev–Trinajstić information content (AvgIpc) is 3.08. The van der Waals surface area contributed by atoms with Crippen molar-refractivity contribution < 1.29 is 22.6 Å². The second-order valence-corrected chi connectivity index (χ2v) is 15.5. The highest BCUT2D eigenvalue weighted by atomic mass is 79.9. The number of hydrogen-bond acceptors (Lipinski definition) is 12. The fourth-order valence-corrected chi connectivity index (χ4v) is 7.94. The van der Waals surface area contributed by atoms with Gasteiger partial charge >= 0.3 is 0 Å². The second-order valence-electron chi connectivity index (χ2n) is 12.7. The van der Waals surface area contributed by atoms with Gasteiger partial charge in [-0.3, -0.25) is 9.21 Å². The van der Waals surface area contributed by atoms with Crippen LogP contribution in [-0.4, -0.2) is 114 Å². The third kappa shape index (κ3) is 8.44. The lowest BCUT2D eigenvalue weighted by atomic mass is 10.0. The van der Waals surface area contributed by atoms with Crippen molar-refractivity contribution in [2.45, 2.75) is 38.6 Å². The quantitative estimate of drug-likeness (QED) is 0.340. The standard InChI is InChI=1S/C34H47BrN8O5S/c1-5-43(49(4,44)45)29-20-25-8-9-27(29)37-33-26(35)23-36-34(39-33)38-28-21-32(48-19-7-6-18-47-25)30(22-31(28)46-3)42-12-10-24(11-13-42)41-16-14-40(2)15-17-41/h8-9,20-24H,5-7,10-19H2,1-4H3,(H2,36,37,38,39). The van der Waals surface area contributed by atoms with Gasteiger partial charge in [-0.25, -0.2) is 13.4 Å². The third-order valence-corrected chi connectivity index (χ3v) is 11.2. The molecule has 15 heteroatoms. The summed E-state index contributed by atoms with van der Waals surface area (Å²) < 4.78 is 46.0. The minimum atomic E-state index is -3.57. The Labute approximate surface area is 298 Å². The van der Waals surface area contributed by atoms with Crippen LogP contribution in [0.2, 0.25) is 0 Å². The Morgan fingerprint density at radius 1 is 1.00 bits per heavy atom. The van der Waals surface area contributed by atoms with Gasteiger partial charge in [-0.15, -0.1) is 0 Å². The molecule has 1 aromatic heterocycles. The molecule has 6 bridgehead atoms. The van der Waals surface area contributed by atoms with E-state index in [4.69, 9.17) is 19.2 Å². The average molecular weight is 760 g/mol. The summed E-state index contributed by atoms with van der Waals surface area (Å²) in [6.07, 6.45) is 6.58. The Bertz CT molecular complexity index is 1710. The number of likely N-dealkylation sites (N-methyl/N-ethyl adjacent to an activating group) is 1. The Morgan fingerprint density at radius 2 is 1.73 bits per heavy atom. The number of anilines is 6. The Balaban J connectivity index is 1.30. The monoisotopic (exact) mass is 758 g/mol. The van der Waals surface area contributed by atoms with Crippen LogP contribution in [0.15, 0.2) is 41.0 Å². The van der Waals surface area contributed by atoms with Crippen molar-refractivity contribution in [3.63, 3.8) is 0 Å². The Kier molecular flexibility index (Phi) is 11.2. The number of benzene rings is 2. The molecule has 13 nitrogen and oxygen atoms in total. The normalized spacial score (nSPS) is 18.3. The van der Waals surface area contributed by atoms with Crippen LogP contribution >= 0.6 is 15.9 Å². The summed E-state index contributed by atoms with van der Waals surface area (Å²) in [5.41, 5.74) is 2.70. The van der Waals surface area contributed by atoms with Crippen molar-refractivity contribution >= 4 is 60.5 Å². The third-order valence-electron chi connectivity index (χ3n) is 9.37. The van der Waals surface area contributed by atoms with E-state index in [0.29, 0.717) is 64.1 Å². The zero-order valence-electron chi connectivity index (χ0n) is 28.7. The van der Waals surface area contributed by atoms with Gasteiger partial charge in [-0.1, -0.05) is 0 Å². The number of sulfonamides is 1. The van der Waals surface area contributed by atoms with E-state index in [1.165, 1.54) is 10.6 Å². The molecule has 2 fully saturated rings. The molecule has 4 aliphatic rings. The Morgan fingerprint density at radius 3 is 2.43 bits per heavy atom. The molecule has 0 saturated carbocycles. The maximum absolute atomic E-state index is 12.8. The van der Waals surface area contributed by atoms with Crippen LogP contribution in [0.1, 0.15) is 32.6 Å². The van der Waals surface area contributed by atoms with E-state index >= 15 is 0 Å². The molecule has 2 aromatic carbocycles. The predicted octanol–water partition coefficient (Wildman–Crippen LogP) is 5.29. The van der Waals surface area contributed by atoms with E-state index in [1.807, 2.05) is 18.2 Å². The number of aromatic nitrogens is 2. The lowest BCUT2D eigenvalue weighted by Gasteiger charge is -2.42. The zero-order chi connectivity index (χ0) is 34.5. The lowest BCUT2D eigenvalue weighted by Crippen LogP contribution is -2.52. The molecule has 4 aliphatic heterocycles. The van der Waals surface area contributed by atoms with Gasteiger partial charge in [0.05, 0.1) is 53.8 Å². The highest BCUT2D eigenvalue weighted by Gasteiger charge is 2.29. The van der Waals surface area contributed by atoms with Crippen molar-refractivity contribution in [1.82, 2.24) is 19.8 Å². The van der Waals surface area contributed by atoms with E-state index in [2.05, 4.69) is 53.3 Å². The van der Waals surface area contributed by atoms with Crippen molar-refractivity contribution in [3.05, 3.63) is 41.0 Å². The van der Waals surface area contributed by atoms with Gasteiger partial charge in [0.25, 0.3) is 0 Å². The molecule has 2 N–H and O–H groups in total. The van der Waals surface area contributed by atoms with Gasteiger partial charge in [0, 0.05) is 76.3 Å². The first-order valence-corrected chi connectivity index (χ1v) is 19.6. The second kappa shape index (κ2) is 15.6. The predicted molar refractivity (Wildman–Crippen MR) is 198 cm³/mol. The summed E-state index contributed by atoms with van der Waals surface area (Å²) in [5.74, 6) is 2.79. The van der Waals surface area contributed by atoms with Crippen LogP contribution in [0.4, 0.5) is 34.5 Å². The van der Waals surface area contributed by atoms with Gasteiger partial charge in [0.1, 0.15) is 23.1 Å². The molecule has 2 saturated heterocycles. The minimum Gasteiger partial charge on any atom is -0.494 e. The number of fused-ring (bicyclic) bond motifs is 7. The van der Waals surface area contributed by atoms with Crippen molar-refractivity contribution in [1.29, 1.82) is 0 Å². The zero-order valence-corrected chi connectivity index (χ0v) is 31.1. The summed E-state index contributed by atoms with van der Waals surface area (Å²) in [5, 5.41) is 6.65. The maximum Gasteiger partial charge on any atom is 0.232 e. The number of ether oxygens (including phenoxy) is 3. The molecule has 0 unspecified atom stereocenters. The Hall–Kier alpha value is -3.53. The van der Waals surface area contributed by atoms with E-state index in [-0.39, 0.29) is 6.54 Å². The first-order chi connectivity index (χ1) is 23.6. The van der Waals surface area contributed by atoms with E-state index in [9.17, 15) is 8.42 Å². The number of piperazine rings is 1. The molecule has 3 aromatic rings. The van der Waals surface area contributed by atoms with Gasteiger partial charge in [-0.05, 0) is 67.7 Å². The van der Waals surface area contributed by atoms with Crippen LogP contribution in [0.25, 0.3) is 0 Å². The van der Waals surface area contributed by atoms with E-state index in [0.717, 1.165) is 76.4 Å². The van der Waals surface area contributed by atoms with Gasteiger partial charge in [-0.2, -0.15) is 4.98 Å². The van der Waals surface area contributed by atoms with Gasteiger partial charge < -0.3 is 34.6 Å². The number of piperidine rings is 1. The maximum atomic E-state index is 12.8. The van der Waals surface area contributed by atoms with E-state index < -0.39 is 10.0 Å². The molecular weight excluding hydrogens is 712 g/mol. The minimum absolute atomic E-state index is 0.248. The number of methoxy groups -OCH3 is 1. The number of halogens is 1. The van der Waals surface area contributed by atoms with Crippen LogP contribution in [0.5, 0.6) is 17.2 Å². The number of hydrogen-bond donors (Lipinski definition) is 2. The lowest BCUT2D eigenvalue weighted by molar-refractivity contribution is 0.0981. The van der Waals surface area contributed by atoms with Crippen molar-refractivity contribution in [2.24, 2.45) is 0 Å². The van der Waals surface area contributed by atoms with E-state index in [1.54, 1.807) is 32.4 Å². The highest BCUT2D eigenvalue weighted by Crippen LogP contribution is 2.42. The van der Waals surface area contributed by atoms with Gasteiger partial charge in [0.2, 0.25) is 16.0 Å². The molecule has 266 valence electrons. The SMILES string of the molecule is CCN(c1cc2ccc1Nc1nc(ncc1Br)Nc1cc(c(N3CCC(N4CCN(C)CC4)CC3)cc1OC)OCCCCO2)S(C)(=O)=O. The summed E-state index contributed by atoms with van der Waals surface area (Å²) in [7, 11) is 0.291. The summed E-state index contributed by atoms with van der Waals surface area (Å²) >= 11 is 3.56. The molecule has 0 amide bonds. The van der Waals surface area contributed by atoms with Crippen LogP contribution in [-0.2, 0) is 10.0 Å². The van der Waals surface area contributed by atoms with Gasteiger partial charge in [0.15, 0.2) is 0 Å². The highest BCUT2D eigenvalue weighted by molar-refractivity contribution is 9.10. The number of nitrogens with zero attached hydrogens (tertiary/aromatic N) is 6.